The molecular weight excluding hydrogens is 291 g/mol. The Morgan fingerprint density at radius 3 is 2.83 bits per heavy atom. The second-order valence-electron chi connectivity index (χ2n) is 6.19. The van der Waals surface area contributed by atoms with Crippen LogP contribution in [-0.2, 0) is 0 Å². The van der Waals surface area contributed by atoms with E-state index in [2.05, 4.69) is 19.9 Å². The van der Waals surface area contributed by atoms with E-state index >= 15 is 0 Å². The van der Waals surface area contributed by atoms with Gasteiger partial charge in [-0.2, -0.15) is 0 Å². The number of fused-ring (bicyclic) bond motifs is 1. The van der Waals surface area contributed by atoms with Crippen molar-refractivity contribution < 1.29 is 4.39 Å². The zero-order valence-corrected chi connectivity index (χ0v) is 13.1. The highest BCUT2D eigenvalue weighted by molar-refractivity contribution is 5.83. The molecular formula is C18H19FN4. The van der Waals surface area contributed by atoms with E-state index in [-0.39, 0.29) is 5.82 Å². The van der Waals surface area contributed by atoms with Crippen LogP contribution in [-0.4, -0.2) is 28.0 Å². The standard InChI is InChI=1S/C18H19FN4/c1-12-4-7-20-18(22-12)23-8-5-13(6-9-23)16-11-21-17-10-14(19)2-3-15(16)17/h2-4,7,10-11,13,21H,5-6,8-9H2,1H3. The highest BCUT2D eigenvalue weighted by atomic mass is 19.1. The fraction of sp³-hybridized carbons (Fsp3) is 0.333. The number of piperidine rings is 1. The lowest BCUT2D eigenvalue weighted by Gasteiger charge is -2.32. The van der Waals surface area contributed by atoms with Crippen LogP contribution in [0, 0.1) is 12.7 Å². The van der Waals surface area contributed by atoms with Gasteiger partial charge in [-0.1, -0.05) is 0 Å². The lowest BCUT2D eigenvalue weighted by atomic mass is 9.89. The molecule has 0 radical (unpaired) electrons. The summed E-state index contributed by atoms with van der Waals surface area (Å²) in [6, 6.07) is 6.90. The van der Waals surface area contributed by atoms with Gasteiger partial charge in [-0.3, -0.25) is 0 Å². The number of rotatable bonds is 2. The fourth-order valence-electron chi connectivity index (χ4n) is 3.44. The predicted molar refractivity (Wildman–Crippen MR) is 89.2 cm³/mol. The Bertz CT molecular complexity index is 834. The molecule has 0 aliphatic carbocycles. The topological polar surface area (TPSA) is 44.8 Å². The highest BCUT2D eigenvalue weighted by Crippen LogP contribution is 2.34. The lowest BCUT2D eigenvalue weighted by molar-refractivity contribution is 0.501. The molecule has 1 aliphatic heterocycles. The molecule has 1 N–H and O–H groups in total. The Labute approximate surface area is 134 Å². The summed E-state index contributed by atoms with van der Waals surface area (Å²) in [6.45, 7) is 3.88. The number of nitrogens with one attached hydrogen (secondary N) is 1. The molecule has 1 aromatic carbocycles. The minimum absolute atomic E-state index is 0.197. The summed E-state index contributed by atoms with van der Waals surface area (Å²) in [6.07, 6.45) is 5.97. The van der Waals surface area contributed by atoms with Gasteiger partial charge in [0, 0.05) is 42.1 Å². The third-order valence-corrected chi connectivity index (χ3v) is 4.68. The van der Waals surface area contributed by atoms with E-state index in [1.54, 1.807) is 6.07 Å². The van der Waals surface area contributed by atoms with Crippen LogP contribution in [0.15, 0.2) is 36.7 Å². The molecule has 3 heterocycles. The zero-order valence-electron chi connectivity index (χ0n) is 13.1. The molecule has 0 unspecified atom stereocenters. The van der Waals surface area contributed by atoms with Crippen LogP contribution in [0.3, 0.4) is 0 Å². The van der Waals surface area contributed by atoms with Crippen molar-refractivity contribution in [3.8, 4) is 0 Å². The van der Waals surface area contributed by atoms with E-state index in [0.717, 1.165) is 48.5 Å². The minimum atomic E-state index is -0.197. The van der Waals surface area contributed by atoms with Crippen molar-refractivity contribution in [2.45, 2.75) is 25.7 Å². The molecule has 0 saturated carbocycles. The molecule has 4 nitrogen and oxygen atoms in total. The third kappa shape index (κ3) is 2.67. The Kier molecular flexibility index (Phi) is 3.48. The maximum Gasteiger partial charge on any atom is 0.225 e. The molecule has 0 bridgehead atoms. The molecule has 1 fully saturated rings. The van der Waals surface area contributed by atoms with Gasteiger partial charge in [-0.25, -0.2) is 14.4 Å². The van der Waals surface area contributed by atoms with Crippen molar-refractivity contribution in [2.24, 2.45) is 0 Å². The van der Waals surface area contributed by atoms with Crippen molar-refractivity contribution in [2.75, 3.05) is 18.0 Å². The molecule has 0 amide bonds. The van der Waals surface area contributed by atoms with Crippen LogP contribution < -0.4 is 4.90 Å². The Morgan fingerprint density at radius 2 is 2.04 bits per heavy atom. The number of H-pyrrole nitrogens is 1. The monoisotopic (exact) mass is 310 g/mol. The second-order valence-corrected chi connectivity index (χ2v) is 6.19. The number of hydrogen-bond donors (Lipinski definition) is 1. The van der Waals surface area contributed by atoms with Crippen LogP contribution in [0.1, 0.15) is 30.0 Å². The highest BCUT2D eigenvalue weighted by Gasteiger charge is 2.24. The van der Waals surface area contributed by atoms with E-state index in [9.17, 15) is 4.39 Å². The second kappa shape index (κ2) is 5.65. The Hall–Kier alpha value is -2.43. The van der Waals surface area contributed by atoms with Gasteiger partial charge < -0.3 is 9.88 Å². The first kappa shape index (κ1) is 14.2. The summed E-state index contributed by atoms with van der Waals surface area (Å²) in [4.78, 5) is 14.3. The first-order valence-corrected chi connectivity index (χ1v) is 8.02. The van der Waals surface area contributed by atoms with Gasteiger partial charge in [-0.15, -0.1) is 0 Å². The molecule has 0 spiro atoms. The number of halogens is 1. The van der Waals surface area contributed by atoms with Crippen LogP contribution in [0.4, 0.5) is 10.3 Å². The molecule has 0 atom stereocenters. The number of aromatic nitrogens is 3. The zero-order chi connectivity index (χ0) is 15.8. The van der Waals surface area contributed by atoms with Gasteiger partial charge in [0.2, 0.25) is 5.95 Å². The summed E-state index contributed by atoms with van der Waals surface area (Å²) in [7, 11) is 0. The molecule has 23 heavy (non-hydrogen) atoms. The van der Waals surface area contributed by atoms with E-state index < -0.39 is 0 Å². The Morgan fingerprint density at radius 1 is 1.22 bits per heavy atom. The van der Waals surface area contributed by atoms with E-state index in [4.69, 9.17) is 0 Å². The SMILES string of the molecule is Cc1ccnc(N2CCC(c3c[nH]c4cc(F)ccc34)CC2)n1. The van der Waals surface area contributed by atoms with Crippen molar-refractivity contribution >= 4 is 16.9 Å². The van der Waals surface area contributed by atoms with Crippen LogP contribution in [0.2, 0.25) is 0 Å². The van der Waals surface area contributed by atoms with Crippen LogP contribution >= 0.6 is 0 Å². The molecule has 2 aromatic heterocycles. The average Bonchev–Trinajstić information content (AvgIpc) is 2.98. The van der Waals surface area contributed by atoms with Gasteiger partial charge in [-0.05, 0) is 55.5 Å². The maximum absolute atomic E-state index is 13.3. The Balaban J connectivity index is 1.52. The number of aryl methyl sites for hydroxylation is 1. The van der Waals surface area contributed by atoms with Gasteiger partial charge in [0.05, 0.1) is 0 Å². The average molecular weight is 310 g/mol. The molecule has 118 valence electrons. The lowest BCUT2D eigenvalue weighted by Crippen LogP contribution is -2.34. The van der Waals surface area contributed by atoms with Gasteiger partial charge in [0.15, 0.2) is 0 Å². The maximum atomic E-state index is 13.3. The van der Waals surface area contributed by atoms with E-state index in [1.807, 2.05) is 31.5 Å². The summed E-state index contributed by atoms with van der Waals surface area (Å²) in [5.41, 5.74) is 3.17. The first-order valence-electron chi connectivity index (χ1n) is 8.02. The number of hydrogen-bond acceptors (Lipinski definition) is 3. The van der Waals surface area contributed by atoms with Crippen molar-refractivity contribution in [1.29, 1.82) is 0 Å². The smallest absolute Gasteiger partial charge is 0.225 e. The van der Waals surface area contributed by atoms with Gasteiger partial charge in [0.1, 0.15) is 5.82 Å². The number of aromatic amines is 1. The van der Waals surface area contributed by atoms with Crippen molar-refractivity contribution in [3.05, 3.63) is 53.7 Å². The summed E-state index contributed by atoms with van der Waals surface area (Å²) in [5.74, 6) is 1.12. The number of anilines is 1. The molecule has 1 aliphatic rings. The van der Waals surface area contributed by atoms with E-state index in [1.165, 1.54) is 11.6 Å². The molecule has 5 heteroatoms. The number of benzene rings is 1. The van der Waals surface area contributed by atoms with Gasteiger partial charge in [0.25, 0.3) is 0 Å². The first-order chi connectivity index (χ1) is 11.2. The van der Waals surface area contributed by atoms with E-state index in [0.29, 0.717) is 5.92 Å². The number of nitrogens with zero attached hydrogens (tertiary/aromatic N) is 3. The largest absolute Gasteiger partial charge is 0.361 e. The van der Waals surface area contributed by atoms with Gasteiger partial charge >= 0.3 is 0 Å². The van der Waals surface area contributed by atoms with Crippen molar-refractivity contribution in [3.63, 3.8) is 0 Å². The summed E-state index contributed by atoms with van der Waals surface area (Å²) >= 11 is 0. The molecule has 1 saturated heterocycles. The quantitative estimate of drug-likeness (QED) is 0.783. The minimum Gasteiger partial charge on any atom is -0.361 e. The van der Waals surface area contributed by atoms with Crippen LogP contribution in [0.5, 0.6) is 0 Å². The normalized spacial score (nSPS) is 16.2. The van der Waals surface area contributed by atoms with Crippen LogP contribution in [0.25, 0.3) is 10.9 Å². The summed E-state index contributed by atoms with van der Waals surface area (Å²) < 4.78 is 13.3. The molecule has 3 aromatic rings. The summed E-state index contributed by atoms with van der Waals surface area (Å²) in [5, 5.41) is 1.14. The fourth-order valence-corrected chi connectivity index (χ4v) is 3.44. The third-order valence-electron chi connectivity index (χ3n) is 4.68. The predicted octanol–water partition coefficient (Wildman–Crippen LogP) is 3.79. The van der Waals surface area contributed by atoms with Crippen molar-refractivity contribution in [1.82, 2.24) is 15.0 Å². The molecule has 4 rings (SSSR count).